The molecule has 0 N–H and O–H groups in total. The van der Waals surface area contributed by atoms with E-state index in [1.165, 1.54) is 302 Å². The van der Waals surface area contributed by atoms with E-state index < -0.39 is 13.1 Å². The van der Waals surface area contributed by atoms with Crippen molar-refractivity contribution >= 4 is 82.5 Å². The summed E-state index contributed by atoms with van der Waals surface area (Å²) < 4.78 is 35.2. The Hall–Kier alpha value is 0.0600. The first-order valence-corrected chi connectivity index (χ1v) is 45.2. The number of unbranched alkanes of at least 4 members (excludes halogenated alkanes) is 47. The summed E-state index contributed by atoms with van der Waals surface area (Å²) in [7, 11) is 0. The van der Waals surface area contributed by atoms with Crippen molar-refractivity contribution in [2.75, 3.05) is 62.7 Å². The van der Waals surface area contributed by atoms with E-state index in [-0.39, 0.29) is 46.9 Å². The Bertz CT molecular complexity index is 1230. The van der Waals surface area contributed by atoms with Gasteiger partial charge in [0.2, 0.25) is 0 Å². The van der Waals surface area contributed by atoms with Gasteiger partial charge in [0.15, 0.2) is 13.1 Å². The average molecular weight is 1330 g/mol. The molecule has 510 valence electrons. The van der Waals surface area contributed by atoms with Crippen LogP contribution in [-0.2, 0) is 47.2 Å². The largest absolute Gasteiger partial charge is 0.465 e. The van der Waals surface area contributed by atoms with Crippen molar-refractivity contribution in [1.82, 2.24) is 0 Å². The highest BCUT2D eigenvalue weighted by Crippen LogP contribution is 2.62. The highest BCUT2D eigenvalue weighted by Gasteiger charge is 2.20. The lowest BCUT2D eigenvalue weighted by Gasteiger charge is -2.16. The fourth-order valence-corrected chi connectivity index (χ4v) is 20.3. The van der Waals surface area contributed by atoms with Gasteiger partial charge in [-0.15, -0.1) is 0 Å². The molecule has 16 heteroatoms. The van der Waals surface area contributed by atoms with Crippen LogP contribution in [0, 0.1) is 0 Å². The summed E-state index contributed by atoms with van der Waals surface area (Å²) in [6, 6.07) is 0. The Morgan fingerprint density at radius 2 is 0.349 bits per heavy atom. The minimum absolute atomic E-state index is 0.204. The third-order valence-corrected chi connectivity index (χ3v) is 27.9. The monoisotopic (exact) mass is 1330 g/mol. The highest BCUT2D eigenvalue weighted by molar-refractivity contribution is 8.87. The van der Waals surface area contributed by atoms with Crippen LogP contribution in [0.5, 0.6) is 0 Å². The Morgan fingerprint density at radius 3 is 0.512 bits per heavy atom. The van der Waals surface area contributed by atoms with Crippen LogP contribution in [0.1, 0.15) is 362 Å². The fourth-order valence-electron chi connectivity index (χ4n) is 10.2. The van der Waals surface area contributed by atoms with Crippen molar-refractivity contribution in [2.24, 2.45) is 0 Å². The third-order valence-electron chi connectivity index (χ3n) is 15.6. The average Bonchev–Trinajstić information content (AvgIpc) is 3.56. The quantitative estimate of drug-likeness (QED) is 0.0248. The smallest absolute Gasteiger partial charge is 0.316 e. The lowest BCUT2D eigenvalue weighted by molar-refractivity contribution is -0.141. The second kappa shape index (κ2) is 74.1. The molecule has 0 saturated heterocycles. The number of hydrogen-bond acceptors (Lipinski definition) is 14. The van der Waals surface area contributed by atoms with E-state index in [2.05, 4.69) is 27.7 Å². The molecular formula is C70H136O10P2S4. The van der Waals surface area contributed by atoms with Gasteiger partial charge in [0.25, 0.3) is 0 Å². The Balaban J connectivity index is 4.92. The maximum absolute atomic E-state index is 12.8. The van der Waals surface area contributed by atoms with Crippen LogP contribution in [0.2, 0.25) is 0 Å². The molecule has 0 spiro atoms. The number of rotatable bonds is 73. The maximum Gasteiger partial charge on any atom is 0.316 e. The zero-order valence-electron chi connectivity index (χ0n) is 56.5. The molecule has 0 fully saturated rings. The second-order valence-corrected chi connectivity index (χ2v) is 36.1. The van der Waals surface area contributed by atoms with E-state index in [1.807, 2.05) is 0 Å². The molecule has 0 aliphatic carbocycles. The summed E-state index contributed by atoms with van der Waals surface area (Å²) in [5, 5.41) is 0. The maximum atomic E-state index is 12.8. The van der Waals surface area contributed by atoms with Gasteiger partial charge in [-0.1, -0.05) is 369 Å². The van der Waals surface area contributed by atoms with Crippen molar-refractivity contribution < 1.29 is 47.2 Å². The molecule has 0 amide bonds. The first-order chi connectivity index (χ1) is 42.4. The number of esters is 4. The topological polar surface area (TPSA) is 124 Å². The van der Waals surface area contributed by atoms with Crippen molar-refractivity contribution in [3.8, 4) is 0 Å². The fraction of sp³-hybridized carbons (Fsp3) is 0.943. The first-order valence-electron chi connectivity index (χ1n) is 36.4. The van der Waals surface area contributed by atoms with Crippen LogP contribution in [0.3, 0.4) is 0 Å². The van der Waals surface area contributed by atoms with E-state index in [4.69, 9.17) is 28.0 Å². The van der Waals surface area contributed by atoms with Gasteiger partial charge in [0.05, 0.1) is 62.7 Å². The SMILES string of the molecule is CCCCCCCCCCCCCCOC(=O)CSP(OCCCCCCOP(SCC(=O)OCCCCCCCCCCCCCC)SCC(=O)OCCCCCCCCCCCCCC)SCC(=O)OCCCCCCCCCCCCCC. The summed E-state index contributed by atoms with van der Waals surface area (Å²) >= 11 is 5.81. The molecule has 0 aromatic heterocycles. The van der Waals surface area contributed by atoms with Gasteiger partial charge >= 0.3 is 23.9 Å². The Labute approximate surface area is 550 Å². The third kappa shape index (κ3) is 69.9. The minimum Gasteiger partial charge on any atom is -0.465 e. The predicted octanol–water partition coefficient (Wildman–Crippen LogP) is 24.9. The molecule has 0 saturated carbocycles. The molecule has 10 nitrogen and oxygen atoms in total. The van der Waals surface area contributed by atoms with Crippen LogP contribution in [0.4, 0.5) is 0 Å². The van der Waals surface area contributed by atoms with Crippen molar-refractivity contribution in [1.29, 1.82) is 0 Å². The van der Waals surface area contributed by atoms with Gasteiger partial charge in [0.1, 0.15) is 0 Å². The summed E-state index contributed by atoms with van der Waals surface area (Å²) in [4.78, 5) is 51.3. The van der Waals surface area contributed by atoms with Gasteiger partial charge in [-0.3, -0.25) is 19.2 Å². The van der Waals surface area contributed by atoms with Crippen molar-refractivity contribution in [3.05, 3.63) is 0 Å². The van der Waals surface area contributed by atoms with Gasteiger partial charge < -0.3 is 28.0 Å². The number of ether oxygens (including phenoxy) is 4. The summed E-state index contributed by atoms with van der Waals surface area (Å²) in [5.74, 6) is -0.0769. The van der Waals surface area contributed by atoms with Crippen LogP contribution < -0.4 is 0 Å². The number of carbonyl (C=O) groups is 4. The second-order valence-electron chi connectivity index (χ2n) is 24.1. The predicted molar refractivity (Wildman–Crippen MR) is 382 cm³/mol. The van der Waals surface area contributed by atoms with Crippen LogP contribution in [0.15, 0.2) is 0 Å². The van der Waals surface area contributed by atoms with Gasteiger partial charge in [0, 0.05) is 0 Å². The van der Waals surface area contributed by atoms with Crippen molar-refractivity contribution in [3.63, 3.8) is 0 Å². The van der Waals surface area contributed by atoms with Crippen LogP contribution in [-0.4, -0.2) is 86.5 Å². The Kier molecular flexibility index (Phi) is 74.2. The van der Waals surface area contributed by atoms with E-state index in [0.29, 0.717) is 39.6 Å². The normalized spacial score (nSPS) is 11.6. The van der Waals surface area contributed by atoms with Gasteiger partial charge in [-0.05, 0) is 38.5 Å². The molecular weight excluding hydrogens is 1190 g/mol. The standard InChI is InChI=1S/C70H136O10P2S4/c1-5-9-13-17-21-25-29-33-37-41-45-51-57-75-67(71)63-83-81(84-64-68(72)76-58-52-46-42-38-34-30-26-22-18-14-10-6-2)79-61-55-49-50-56-62-80-82(85-65-69(73)77-59-53-47-43-39-35-31-27-23-19-15-11-7-3)86-66-70(74)78-60-54-48-44-40-36-32-28-24-20-16-12-8-4/h5-66H2,1-4H3. The number of hydrogen-bond donors (Lipinski definition) is 0. The molecule has 0 bridgehead atoms. The zero-order chi connectivity index (χ0) is 62.4. The van der Waals surface area contributed by atoms with E-state index in [9.17, 15) is 19.2 Å². The molecule has 0 rings (SSSR count). The lowest BCUT2D eigenvalue weighted by Crippen LogP contribution is -2.09. The van der Waals surface area contributed by atoms with E-state index in [0.717, 1.165) is 77.0 Å². The zero-order valence-corrected chi connectivity index (χ0v) is 61.5. The van der Waals surface area contributed by atoms with Gasteiger partial charge in [-0.25, -0.2) is 0 Å². The Morgan fingerprint density at radius 1 is 0.209 bits per heavy atom. The lowest BCUT2D eigenvalue weighted by atomic mass is 10.1. The molecule has 0 aliphatic heterocycles. The number of carbonyl (C=O) groups excluding carboxylic acids is 4. The van der Waals surface area contributed by atoms with Gasteiger partial charge in [-0.2, -0.15) is 0 Å². The molecule has 0 aliphatic rings. The minimum atomic E-state index is -1.15. The molecule has 0 aromatic carbocycles. The van der Waals surface area contributed by atoms with E-state index >= 15 is 0 Å². The van der Waals surface area contributed by atoms with E-state index in [1.54, 1.807) is 0 Å². The van der Waals surface area contributed by atoms with Crippen LogP contribution in [0.25, 0.3) is 0 Å². The molecule has 0 unspecified atom stereocenters. The summed E-state index contributed by atoms with van der Waals surface area (Å²) in [6.45, 7) is 9.65. The van der Waals surface area contributed by atoms with Crippen molar-refractivity contribution in [2.45, 2.75) is 362 Å². The molecule has 0 heterocycles. The summed E-state index contributed by atoms with van der Waals surface area (Å²) in [6.07, 6.45) is 64.3. The molecule has 0 atom stereocenters. The summed E-state index contributed by atoms with van der Waals surface area (Å²) in [5.41, 5.74) is 0. The first kappa shape index (κ1) is 86.1. The van der Waals surface area contributed by atoms with Crippen LogP contribution >= 0.6 is 58.6 Å². The molecule has 86 heavy (non-hydrogen) atoms. The molecule has 0 radical (unpaired) electrons. The molecule has 0 aromatic rings. The highest BCUT2D eigenvalue weighted by atomic mass is 33.1.